The summed E-state index contributed by atoms with van der Waals surface area (Å²) >= 11 is 0. The van der Waals surface area contributed by atoms with Gasteiger partial charge in [0.05, 0.1) is 12.6 Å². The van der Waals surface area contributed by atoms with Crippen LogP contribution < -0.4 is 15.4 Å². The van der Waals surface area contributed by atoms with Crippen LogP contribution in [-0.2, 0) is 14.3 Å². The Morgan fingerprint density at radius 1 is 1.22 bits per heavy atom. The number of para-hydroxylation sites is 1. The molecular formula is C16H24N2O5. The van der Waals surface area contributed by atoms with Gasteiger partial charge in [-0.1, -0.05) is 18.2 Å². The number of hydrogen-bond acceptors (Lipinski definition) is 5. The summed E-state index contributed by atoms with van der Waals surface area (Å²) in [4.78, 5) is 23.7. The van der Waals surface area contributed by atoms with Crippen LogP contribution in [0.15, 0.2) is 30.3 Å². The Kier molecular flexibility index (Phi) is 8.71. The molecule has 23 heavy (non-hydrogen) atoms. The standard InChI is InChI=1S/C16H24N2O5/c1-12(16(21)18-13(10-19)8-9-22-2)17-15(20)11-23-14-6-4-3-5-7-14/h3-7,12-13,19H,8-11H2,1-2H3,(H,17,20)(H,18,21)/t12-,13-/m1/s1. The number of nitrogens with one attached hydrogen (secondary N) is 2. The zero-order chi connectivity index (χ0) is 17.1. The fourth-order valence-electron chi connectivity index (χ4n) is 1.81. The van der Waals surface area contributed by atoms with Crippen LogP contribution in [0.1, 0.15) is 13.3 Å². The molecule has 0 spiro atoms. The van der Waals surface area contributed by atoms with Crippen molar-refractivity contribution in [2.75, 3.05) is 26.9 Å². The second kappa shape index (κ2) is 10.6. The molecule has 0 saturated carbocycles. The molecule has 7 nitrogen and oxygen atoms in total. The van der Waals surface area contributed by atoms with E-state index < -0.39 is 18.0 Å². The van der Waals surface area contributed by atoms with Crippen molar-refractivity contribution in [3.63, 3.8) is 0 Å². The quantitative estimate of drug-likeness (QED) is 0.566. The molecule has 128 valence electrons. The highest BCUT2D eigenvalue weighted by Gasteiger charge is 2.19. The zero-order valence-electron chi connectivity index (χ0n) is 13.5. The van der Waals surface area contributed by atoms with Crippen molar-refractivity contribution < 1.29 is 24.2 Å². The van der Waals surface area contributed by atoms with Crippen molar-refractivity contribution in [3.05, 3.63) is 30.3 Å². The summed E-state index contributed by atoms with van der Waals surface area (Å²) in [7, 11) is 1.55. The zero-order valence-corrected chi connectivity index (χ0v) is 13.5. The van der Waals surface area contributed by atoms with Crippen molar-refractivity contribution in [2.45, 2.75) is 25.4 Å². The largest absolute Gasteiger partial charge is 0.484 e. The first kappa shape index (κ1) is 18.9. The highest BCUT2D eigenvalue weighted by molar-refractivity contribution is 5.87. The second-order valence-corrected chi connectivity index (χ2v) is 5.06. The van der Waals surface area contributed by atoms with Gasteiger partial charge in [-0.3, -0.25) is 9.59 Å². The van der Waals surface area contributed by atoms with E-state index in [-0.39, 0.29) is 19.1 Å². The molecule has 1 rings (SSSR count). The van der Waals surface area contributed by atoms with Crippen molar-refractivity contribution in [2.24, 2.45) is 0 Å². The van der Waals surface area contributed by atoms with E-state index in [2.05, 4.69) is 10.6 Å². The number of benzene rings is 1. The van der Waals surface area contributed by atoms with E-state index in [0.717, 1.165) is 0 Å². The summed E-state index contributed by atoms with van der Waals surface area (Å²) in [5.74, 6) is -0.179. The lowest BCUT2D eigenvalue weighted by atomic mass is 10.2. The average Bonchev–Trinajstić information content (AvgIpc) is 2.57. The minimum absolute atomic E-state index is 0.172. The number of methoxy groups -OCH3 is 1. The minimum Gasteiger partial charge on any atom is -0.484 e. The first-order valence-corrected chi connectivity index (χ1v) is 7.44. The summed E-state index contributed by atoms with van der Waals surface area (Å²) in [6, 6.07) is 7.81. The Morgan fingerprint density at radius 3 is 2.52 bits per heavy atom. The molecule has 0 aliphatic rings. The number of ether oxygens (including phenoxy) is 2. The van der Waals surface area contributed by atoms with E-state index in [1.54, 1.807) is 38.3 Å². The summed E-state index contributed by atoms with van der Waals surface area (Å²) < 4.78 is 10.2. The maximum absolute atomic E-state index is 12.0. The van der Waals surface area contributed by atoms with Crippen molar-refractivity contribution in [1.82, 2.24) is 10.6 Å². The van der Waals surface area contributed by atoms with Gasteiger partial charge >= 0.3 is 0 Å². The van der Waals surface area contributed by atoms with Gasteiger partial charge in [-0.2, -0.15) is 0 Å². The molecule has 0 saturated heterocycles. The topological polar surface area (TPSA) is 96.9 Å². The molecule has 0 aliphatic carbocycles. The van der Waals surface area contributed by atoms with Crippen LogP contribution in [0, 0.1) is 0 Å². The monoisotopic (exact) mass is 324 g/mol. The van der Waals surface area contributed by atoms with Gasteiger partial charge in [0.1, 0.15) is 11.8 Å². The SMILES string of the molecule is COCC[C@H](CO)NC(=O)[C@@H](C)NC(=O)COc1ccccc1. The van der Waals surface area contributed by atoms with Gasteiger partial charge in [0.25, 0.3) is 5.91 Å². The molecular weight excluding hydrogens is 300 g/mol. The molecule has 0 aromatic heterocycles. The van der Waals surface area contributed by atoms with E-state index in [9.17, 15) is 14.7 Å². The van der Waals surface area contributed by atoms with Gasteiger partial charge < -0.3 is 25.2 Å². The lowest BCUT2D eigenvalue weighted by molar-refractivity contribution is -0.130. The van der Waals surface area contributed by atoms with E-state index >= 15 is 0 Å². The fraction of sp³-hybridized carbons (Fsp3) is 0.500. The number of aliphatic hydroxyl groups excluding tert-OH is 1. The molecule has 3 N–H and O–H groups in total. The highest BCUT2D eigenvalue weighted by atomic mass is 16.5. The van der Waals surface area contributed by atoms with E-state index in [1.165, 1.54) is 0 Å². The molecule has 1 aromatic rings. The van der Waals surface area contributed by atoms with Crippen LogP contribution in [-0.4, -0.2) is 55.9 Å². The minimum atomic E-state index is -0.724. The average molecular weight is 324 g/mol. The number of amides is 2. The van der Waals surface area contributed by atoms with Gasteiger partial charge in [0, 0.05) is 13.7 Å². The smallest absolute Gasteiger partial charge is 0.258 e. The Hall–Kier alpha value is -2.12. The second-order valence-electron chi connectivity index (χ2n) is 5.06. The van der Waals surface area contributed by atoms with Crippen molar-refractivity contribution in [3.8, 4) is 5.75 Å². The van der Waals surface area contributed by atoms with Crippen LogP contribution in [0.5, 0.6) is 5.75 Å². The van der Waals surface area contributed by atoms with Crippen LogP contribution in [0.3, 0.4) is 0 Å². The Balaban J connectivity index is 2.34. The molecule has 2 amide bonds. The summed E-state index contributed by atoms with van der Waals surface area (Å²) in [6.45, 7) is 1.64. The number of aliphatic hydroxyl groups is 1. The van der Waals surface area contributed by atoms with Crippen molar-refractivity contribution in [1.29, 1.82) is 0 Å². The van der Waals surface area contributed by atoms with E-state index in [0.29, 0.717) is 18.8 Å². The maximum atomic E-state index is 12.0. The maximum Gasteiger partial charge on any atom is 0.258 e. The number of carbonyl (C=O) groups excluding carboxylic acids is 2. The van der Waals surface area contributed by atoms with Gasteiger partial charge in [0.15, 0.2) is 6.61 Å². The summed E-state index contributed by atoms with van der Waals surface area (Å²) in [5, 5.41) is 14.4. The highest BCUT2D eigenvalue weighted by Crippen LogP contribution is 2.07. The van der Waals surface area contributed by atoms with Crippen molar-refractivity contribution >= 4 is 11.8 Å². The predicted octanol–water partition coefficient (Wildman–Crippen LogP) is 0.0837. The Morgan fingerprint density at radius 2 is 1.91 bits per heavy atom. The van der Waals surface area contributed by atoms with Crippen LogP contribution in [0.25, 0.3) is 0 Å². The van der Waals surface area contributed by atoms with E-state index in [1.807, 2.05) is 6.07 Å². The fourth-order valence-corrected chi connectivity index (χ4v) is 1.81. The molecule has 0 bridgehead atoms. The van der Waals surface area contributed by atoms with Gasteiger partial charge in [-0.05, 0) is 25.5 Å². The molecule has 0 heterocycles. The third-order valence-electron chi connectivity index (χ3n) is 3.12. The van der Waals surface area contributed by atoms with Gasteiger partial charge in [-0.15, -0.1) is 0 Å². The van der Waals surface area contributed by atoms with Crippen LogP contribution >= 0.6 is 0 Å². The predicted molar refractivity (Wildman–Crippen MR) is 85.1 cm³/mol. The first-order chi connectivity index (χ1) is 11.1. The Bertz CT molecular complexity index is 481. The molecule has 2 atom stereocenters. The first-order valence-electron chi connectivity index (χ1n) is 7.44. The number of carbonyl (C=O) groups is 2. The number of hydrogen-bond donors (Lipinski definition) is 3. The summed E-state index contributed by atoms with van der Waals surface area (Å²) in [5.41, 5.74) is 0. The third-order valence-corrected chi connectivity index (χ3v) is 3.12. The van der Waals surface area contributed by atoms with Crippen LogP contribution in [0.2, 0.25) is 0 Å². The Labute approximate surface area is 136 Å². The van der Waals surface area contributed by atoms with Gasteiger partial charge in [-0.25, -0.2) is 0 Å². The molecule has 0 radical (unpaired) electrons. The van der Waals surface area contributed by atoms with E-state index in [4.69, 9.17) is 9.47 Å². The number of rotatable bonds is 10. The molecule has 0 unspecified atom stereocenters. The third kappa shape index (κ3) is 7.62. The normalized spacial score (nSPS) is 13.0. The lowest BCUT2D eigenvalue weighted by Crippen LogP contribution is -2.50. The molecule has 1 aromatic carbocycles. The molecule has 0 aliphatic heterocycles. The van der Waals surface area contributed by atoms with Crippen LogP contribution in [0.4, 0.5) is 0 Å². The molecule has 0 fully saturated rings. The molecule has 7 heteroatoms. The lowest BCUT2D eigenvalue weighted by Gasteiger charge is -2.19. The summed E-state index contributed by atoms with van der Waals surface area (Å²) in [6.07, 6.45) is 0.497. The van der Waals surface area contributed by atoms with Gasteiger partial charge in [0.2, 0.25) is 5.91 Å².